The number of halogens is 3. The standard InChI is InChI=1S/C13H22F3NO4/c1-21-8-3-2-6-12(20,13(14,15)16)10-5-4-7-17(9-10)11(18)19/h10,20H,2-9H2,1H3,(H,18,19). The van der Waals surface area contributed by atoms with Crippen LogP contribution in [0.3, 0.4) is 0 Å². The number of carbonyl (C=O) groups is 1. The molecular formula is C13H22F3NO4. The third kappa shape index (κ3) is 4.47. The van der Waals surface area contributed by atoms with Gasteiger partial charge in [0, 0.05) is 32.7 Å². The van der Waals surface area contributed by atoms with Crippen LogP contribution in [0.5, 0.6) is 0 Å². The highest BCUT2D eigenvalue weighted by molar-refractivity contribution is 5.65. The van der Waals surface area contributed by atoms with Crippen molar-refractivity contribution in [1.82, 2.24) is 4.90 Å². The summed E-state index contributed by atoms with van der Waals surface area (Å²) in [6.07, 6.45) is -5.36. The number of likely N-dealkylation sites (tertiary alicyclic amines) is 1. The molecule has 0 aromatic carbocycles. The average Bonchev–Trinajstić information content (AvgIpc) is 2.42. The van der Waals surface area contributed by atoms with Crippen LogP contribution in [-0.4, -0.2) is 59.8 Å². The van der Waals surface area contributed by atoms with Gasteiger partial charge in [-0.2, -0.15) is 13.2 Å². The van der Waals surface area contributed by atoms with E-state index in [1.807, 2.05) is 0 Å². The normalized spacial score (nSPS) is 22.9. The van der Waals surface area contributed by atoms with Crippen LogP contribution < -0.4 is 0 Å². The predicted molar refractivity (Wildman–Crippen MR) is 69.1 cm³/mol. The molecular weight excluding hydrogens is 291 g/mol. The minimum Gasteiger partial charge on any atom is -0.465 e. The number of amides is 1. The first kappa shape index (κ1) is 18.0. The van der Waals surface area contributed by atoms with E-state index in [9.17, 15) is 23.1 Å². The Morgan fingerprint density at radius 1 is 1.38 bits per heavy atom. The van der Waals surface area contributed by atoms with Crippen LogP contribution in [-0.2, 0) is 4.74 Å². The minimum absolute atomic E-state index is 0.171. The quantitative estimate of drug-likeness (QED) is 0.739. The fraction of sp³-hybridized carbons (Fsp3) is 0.923. The SMILES string of the molecule is COCCCCC(O)(C1CCCN(C(=O)O)C1)C(F)(F)F. The lowest BCUT2D eigenvalue weighted by molar-refractivity contribution is -0.286. The van der Waals surface area contributed by atoms with E-state index in [0.29, 0.717) is 19.4 Å². The van der Waals surface area contributed by atoms with Gasteiger partial charge in [-0.25, -0.2) is 4.79 Å². The van der Waals surface area contributed by atoms with Gasteiger partial charge in [0.1, 0.15) is 0 Å². The first-order chi connectivity index (χ1) is 9.72. The van der Waals surface area contributed by atoms with E-state index in [0.717, 1.165) is 4.90 Å². The van der Waals surface area contributed by atoms with Crippen LogP contribution in [0.4, 0.5) is 18.0 Å². The van der Waals surface area contributed by atoms with Crippen LogP contribution >= 0.6 is 0 Å². The molecule has 1 saturated heterocycles. The molecule has 8 heteroatoms. The summed E-state index contributed by atoms with van der Waals surface area (Å²) in [4.78, 5) is 11.9. The Balaban J connectivity index is 2.78. The number of hydrogen-bond donors (Lipinski definition) is 2. The van der Waals surface area contributed by atoms with Crippen molar-refractivity contribution in [3.05, 3.63) is 0 Å². The molecule has 1 heterocycles. The van der Waals surface area contributed by atoms with Gasteiger partial charge in [-0.05, 0) is 32.1 Å². The Morgan fingerprint density at radius 3 is 2.57 bits per heavy atom. The van der Waals surface area contributed by atoms with E-state index in [2.05, 4.69) is 0 Å². The van der Waals surface area contributed by atoms with Crippen molar-refractivity contribution in [2.24, 2.45) is 5.92 Å². The van der Waals surface area contributed by atoms with Gasteiger partial charge < -0.3 is 19.8 Å². The van der Waals surface area contributed by atoms with Crippen LogP contribution in [0.25, 0.3) is 0 Å². The summed E-state index contributed by atoms with van der Waals surface area (Å²) in [5, 5.41) is 19.1. The second-order valence-electron chi connectivity index (χ2n) is 5.44. The molecule has 21 heavy (non-hydrogen) atoms. The van der Waals surface area contributed by atoms with E-state index in [4.69, 9.17) is 9.84 Å². The number of methoxy groups -OCH3 is 1. The van der Waals surface area contributed by atoms with Crippen LogP contribution in [0.2, 0.25) is 0 Å². The number of piperidine rings is 1. The molecule has 0 saturated carbocycles. The summed E-state index contributed by atoms with van der Waals surface area (Å²) in [5.74, 6) is -1.12. The molecule has 2 atom stereocenters. The van der Waals surface area contributed by atoms with Crippen molar-refractivity contribution in [2.75, 3.05) is 26.8 Å². The van der Waals surface area contributed by atoms with Gasteiger partial charge in [0.15, 0.2) is 5.60 Å². The second kappa shape index (κ2) is 7.31. The lowest BCUT2D eigenvalue weighted by Crippen LogP contribution is -2.56. The Kier molecular flexibility index (Phi) is 6.27. The molecule has 0 aromatic rings. The number of carboxylic acid groups (broad SMARTS) is 1. The van der Waals surface area contributed by atoms with Gasteiger partial charge in [0.25, 0.3) is 0 Å². The zero-order valence-corrected chi connectivity index (χ0v) is 12.0. The number of alkyl halides is 3. The third-order valence-electron chi connectivity index (χ3n) is 4.01. The zero-order valence-electron chi connectivity index (χ0n) is 12.0. The molecule has 2 N–H and O–H groups in total. The number of rotatable bonds is 6. The average molecular weight is 313 g/mol. The van der Waals surface area contributed by atoms with Gasteiger partial charge in [0.2, 0.25) is 0 Å². The molecule has 2 unspecified atom stereocenters. The zero-order chi connectivity index (χ0) is 16.1. The summed E-state index contributed by atoms with van der Waals surface area (Å²) in [5.41, 5.74) is -2.84. The van der Waals surface area contributed by atoms with Crippen molar-refractivity contribution in [3.8, 4) is 0 Å². The van der Waals surface area contributed by atoms with Gasteiger partial charge in [0.05, 0.1) is 0 Å². The van der Waals surface area contributed by atoms with Crippen LogP contribution in [0.15, 0.2) is 0 Å². The van der Waals surface area contributed by atoms with E-state index in [1.54, 1.807) is 0 Å². The topological polar surface area (TPSA) is 70.0 Å². The fourth-order valence-corrected chi connectivity index (χ4v) is 2.76. The lowest BCUT2D eigenvalue weighted by atomic mass is 9.78. The monoisotopic (exact) mass is 313 g/mol. The first-order valence-electron chi connectivity index (χ1n) is 6.98. The molecule has 0 aromatic heterocycles. The molecule has 5 nitrogen and oxygen atoms in total. The Morgan fingerprint density at radius 2 is 2.05 bits per heavy atom. The van der Waals surface area contributed by atoms with E-state index in [1.165, 1.54) is 7.11 Å². The van der Waals surface area contributed by atoms with Crippen molar-refractivity contribution < 1.29 is 32.9 Å². The maximum Gasteiger partial charge on any atom is 0.417 e. The molecule has 0 spiro atoms. The highest BCUT2D eigenvalue weighted by atomic mass is 19.4. The minimum atomic E-state index is -4.77. The molecule has 1 aliphatic heterocycles. The Labute approximate surface area is 121 Å². The van der Waals surface area contributed by atoms with Gasteiger partial charge >= 0.3 is 12.3 Å². The van der Waals surface area contributed by atoms with E-state index >= 15 is 0 Å². The molecule has 1 aliphatic rings. The summed E-state index contributed by atoms with van der Waals surface area (Å²) in [7, 11) is 1.46. The molecule has 1 rings (SSSR count). The highest BCUT2D eigenvalue weighted by Gasteiger charge is 2.58. The molecule has 0 radical (unpaired) electrons. The Hall–Kier alpha value is -1.02. The molecule has 1 amide bonds. The van der Waals surface area contributed by atoms with Crippen molar-refractivity contribution in [1.29, 1.82) is 0 Å². The fourth-order valence-electron chi connectivity index (χ4n) is 2.76. The predicted octanol–water partition coefficient (Wildman–Crippen LogP) is 2.49. The summed E-state index contributed by atoms with van der Waals surface area (Å²) < 4.78 is 44.6. The second-order valence-corrected chi connectivity index (χ2v) is 5.44. The largest absolute Gasteiger partial charge is 0.465 e. The van der Waals surface area contributed by atoms with Crippen LogP contribution in [0, 0.1) is 5.92 Å². The highest BCUT2D eigenvalue weighted by Crippen LogP contribution is 2.43. The van der Waals surface area contributed by atoms with E-state index < -0.39 is 30.2 Å². The smallest absolute Gasteiger partial charge is 0.417 e. The van der Waals surface area contributed by atoms with Crippen LogP contribution in [0.1, 0.15) is 32.1 Å². The first-order valence-corrected chi connectivity index (χ1v) is 6.98. The van der Waals surface area contributed by atoms with Crippen molar-refractivity contribution in [2.45, 2.75) is 43.9 Å². The molecule has 1 fully saturated rings. The maximum absolute atomic E-state index is 13.3. The maximum atomic E-state index is 13.3. The van der Waals surface area contributed by atoms with Gasteiger partial charge in [-0.1, -0.05) is 0 Å². The van der Waals surface area contributed by atoms with Gasteiger partial charge in [-0.15, -0.1) is 0 Å². The number of ether oxygens (including phenoxy) is 1. The molecule has 124 valence electrons. The number of aliphatic hydroxyl groups is 1. The van der Waals surface area contributed by atoms with E-state index in [-0.39, 0.29) is 25.9 Å². The summed E-state index contributed by atoms with van der Waals surface area (Å²) >= 11 is 0. The summed E-state index contributed by atoms with van der Waals surface area (Å²) in [6.45, 7) is 0.263. The molecule has 0 bridgehead atoms. The van der Waals surface area contributed by atoms with Crippen molar-refractivity contribution in [3.63, 3.8) is 0 Å². The number of nitrogens with zero attached hydrogens (tertiary/aromatic N) is 1. The third-order valence-corrected chi connectivity index (χ3v) is 4.01. The Bertz CT molecular complexity index is 351. The summed E-state index contributed by atoms with van der Waals surface area (Å²) in [6, 6.07) is 0. The number of hydrogen-bond acceptors (Lipinski definition) is 3. The van der Waals surface area contributed by atoms with Crippen molar-refractivity contribution >= 4 is 6.09 Å². The lowest BCUT2D eigenvalue weighted by Gasteiger charge is -2.42. The number of unbranched alkanes of at least 4 members (excludes halogenated alkanes) is 1. The molecule has 0 aliphatic carbocycles. The van der Waals surface area contributed by atoms with Gasteiger partial charge in [-0.3, -0.25) is 0 Å².